The van der Waals surface area contributed by atoms with E-state index in [4.69, 9.17) is 25.6 Å². The molecule has 1 aliphatic heterocycles. The van der Waals surface area contributed by atoms with Gasteiger partial charge in [0.1, 0.15) is 10.7 Å². The van der Waals surface area contributed by atoms with E-state index >= 15 is 0 Å². The molecule has 1 saturated heterocycles. The topological polar surface area (TPSA) is 108 Å². The highest BCUT2D eigenvalue weighted by Crippen LogP contribution is 2.40. The Bertz CT molecular complexity index is 1150. The zero-order valence-corrected chi connectivity index (χ0v) is 17.4. The number of amides is 1. The first-order valence-electron chi connectivity index (χ1n) is 8.42. The van der Waals surface area contributed by atoms with Gasteiger partial charge in [0, 0.05) is 16.5 Å². The molecule has 0 atom stereocenters. The number of benzene rings is 1. The molecular formula is C18H15ClN2O6S2. The minimum atomic E-state index is -3.93. The molecule has 0 unspecified atom stereocenters. The Balaban J connectivity index is 1.66. The summed E-state index contributed by atoms with van der Waals surface area (Å²) in [7, 11) is -3.93. The lowest BCUT2D eigenvalue weighted by atomic mass is 9.95. The van der Waals surface area contributed by atoms with Gasteiger partial charge in [0.2, 0.25) is 5.91 Å². The fraction of sp³-hybridized carbons (Fsp3) is 0.222. The molecule has 0 aliphatic carbocycles. The van der Waals surface area contributed by atoms with Gasteiger partial charge in [-0.2, -0.15) is 11.3 Å². The monoisotopic (exact) mass is 454 g/mol. The number of aromatic nitrogens is 1. The van der Waals surface area contributed by atoms with Crippen LogP contribution < -0.4 is 4.72 Å². The maximum absolute atomic E-state index is 12.5. The Morgan fingerprint density at radius 3 is 2.72 bits per heavy atom. The van der Waals surface area contributed by atoms with Crippen LogP contribution in [0.1, 0.15) is 23.2 Å². The average molecular weight is 455 g/mol. The van der Waals surface area contributed by atoms with E-state index in [0.717, 1.165) is 0 Å². The van der Waals surface area contributed by atoms with Crippen molar-refractivity contribution in [3.8, 4) is 11.3 Å². The summed E-state index contributed by atoms with van der Waals surface area (Å²) in [6.07, 6.45) is -0.917. The van der Waals surface area contributed by atoms with Gasteiger partial charge in [-0.3, -0.25) is 4.79 Å². The SMILES string of the molecule is Cc1onc(-c2cccc(CC(=O)NS(=O)(=O)c3ccsc3)c2C2OCO2)c1Cl. The quantitative estimate of drug-likeness (QED) is 0.607. The van der Waals surface area contributed by atoms with Crippen molar-refractivity contribution in [3.63, 3.8) is 0 Å². The number of aryl methyl sites for hydroxylation is 1. The lowest BCUT2D eigenvalue weighted by molar-refractivity contribution is -0.326. The van der Waals surface area contributed by atoms with Crippen LogP contribution in [0.5, 0.6) is 0 Å². The molecule has 0 spiro atoms. The van der Waals surface area contributed by atoms with Gasteiger partial charge in [-0.1, -0.05) is 35.0 Å². The van der Waals surface area contributed by atoms with Crippen molar-refractivity contribution in [1.29, 1.82) is 0 Å². The van der Waals surface area contributed by atoms with E-state index in [9.17, 15) is 13.2 Å². The predicted molar refractivity (Wildman–Crippen MR) is 105 cm³/mol. The summed E-state index contributed by atoms with van der Waals surface area (Å²) in [5.74, 6) is -0.232. The number of halogens is 1. The number of ether oxygens (including phenoxy) is 2. The Hall–Kier alpha value is -2.24. The number of nitrogens with zero attached hydrogens (tertiary/aromatic N) is 1. The molecule has 1 fully saturated rings. The van der Waals surface area contributed by atoms with Crippen LogP contribution >= 0.6 is 22.9 Å². The molecule has 3 aromatic rings. The zero-order valence-electron chi connectivity index (χ0n) is 15.0. The van der Waals surface area contributed by atoms with Gasteiger partial charge in [0.15, 0.2) is 18.8 Å². The van der Waals surface area contributed by atoms with Crippen LogP contribution in [0.4, 0.5) is 0 Å². The van der Waals surface area contributed by atoms with Gasteiger partial charge in [-0.25, -0.2) is 13.1 Å². The third kappa shape index (κ3) is 3.94. The molecule has 1 aromatic carbocycles. The summed E-state index contributed by atoms with van der Waals surface area (Å²) < 4.78 is 42.7. The van der Waals surface area contributed by atoms with Crippen LogP contribution in [0.2, 0.25) is 5.02 Å². The molecule has 1 amide bonds. The molecule has 29 heavy (non-hydrogen) atoms. The Labute approximate surface area is 175 Å². The van der Waals surface area contributed by atoms with E-state index < -0.39 is 22.2 Å². The first-order valence-corrected chi connectivity index (χ1v) is 11.2. The highest BCUT2D eigenvalue weighted by atomic mass is 35.5. The maximum Gasteiger partial charge on any atom is 0.264 e. The second-order valence-corrected chi connectivity index (χ2v) is 9.07. The minimum Gasteiger partial charge on any atom is -0.359 e. The van der Waals surface area contributed by atoms with Crippen LogP contribution in [-0.4, -0.2) is 26.3 Å². The second-order valence-electron chi connectivity index (χ2n) is 6.23. The van der Waals surface area contributed by atoms with Crippen molar-refractivity contribution < 1.29 is 27.2 Å². The Morgan fingerprint density at radius 2 is 2.14 bits per heavy atom. The average Bonchev–Trinajstić information content (AvgIpc) is 3.26. The van der Waals surface area contributed by atoms with E-state index in [1.165, 1.54) is 22.8 Å². The van der Waals surface area contributed by atoms with Crippen LogP contribution in [-0.2, 0) is 30.7 Å². The first-order chi connectivity index (χ1) is 13.9. The number of hydrogen-bond acceptors (Lipinski definition) is 8. The van der Waals surface area contributed by atoms with Crippen molar-refractivity contribution in [1.82, 2.24) is 9.88 Å². The highest BCUT2D eigenvalue weighted by Gasteiger charge is 2.30. The molecule has 152 valence electrons. The fourth-order valence-corrected chi connectivity index (χ4v) is 5.09. The standard InChI is InChI=1S/C18H15ClN2O6S2/c1-10-16(19)17(20-27-10)13-4-2-3-11(15(13)18-25-9-26-18)7-14(22)21-29(23,24)12-5-6-28-8-12/h2-6,8,18H,7,9H2,1H3,(H,21,22). The number of rotatable bonds is 6. The number of sulfonamides is 1. The van der Waals surface area contributed by atoms with Gasteiger partial charge in [-0.05, 0) is 23.9 Å². The summed E-state index contributed by atoms with van der Waals surface area (Å²) in [6, 6.07) is 6.60. The van der Waals surface area contributed by atoms with Crippen molar-refractivity contribution in [3.05, 3.63) is 56.9 Å². The molecule has 0 radical (unpaired) electrons. The van der Waals surface area contributed by atoms with Gasteiger partial charge in [0.25, 0.3) is 10.0 Å². The molecule has 4 rings (SSSR count). The summed E-state index contributed by atoms with van der Waals surface area (Å²) in [6.45, 7) is 1.80. The first kappa shape index (κ1) is 20.0. The second kappa shape index (κ2) is 7.88. The molecule has 0 bridgehead atoms. The van der Waals surface area contributed by atoms with Gasteiger partial charge < -0.3 is 14.0 Å². The number of hydrogen-bond donors (Lipinski definition) is 1. The number of carbonyl (C=O) groups is 1. The molecule has 1 aliphatic rings. The third-order valence-electron chi connectivity index (χ3n) is 4.32. The molecule has 8 nitrogen and oxygen atoms in total. The molecule has 3 heterocycles. The van der Waals surface area contributed by atoms with Crippen molar-refractivity contribution in [2.75, 3.05) is 6.79 Å². The summed E-state index contributed by atoms with van der Waals surface area (Å²) >= 11 is 7.51. The Morgan fingerprint density at radius 1 is 1.34 bits per heavy atom. The molecular weight excluding hydrogens is 440 g/mol. The maximum atomic E-state index is 12.5. The lowest BCUT2D eigenvalue weighted by Crippen LogP contribution is -2.32. The van der Waals surface area contributed by atoms with Gasteiger partial charge in [0.05, 0.1) is 11.3 Å². The van der Waals surface area contributed by atoms with E-state index in [2.05, 4.69) is 9.88 Å². The zero-order chi connectivity index (χ0) is 20.6. The minimum absolute atomic E-state index is 0.0420. The summed E-state index contributed by atoms with van der Waals surface area (Å²) in [5.41, 5.74) is 2.06. The molecule has 1 N–H and O–H groups in total. The van der Waals surface area contributed by atoms with Crippen molar-refractivity contribution in [2.24, 2.45) is 0 Å². The van der Waals surface area contributed by atoms with E-state index in [1.54, 1.807) is 30.5 Å². The van der Waals surface area contributed by atoms with E-state index in [1.807, 2.05) is 0 Å². The van der Waals surface area contributed by atoms with E-state index in [0.29, 0.717) is 33.2 Å². The summed E-state index contributed by atoms with van der Waals surface area (Å²) in [4.78, 5) is 12.5. The van der Waals surface area contributed by atoms with Gasteiger partial charge >= 0.3 is 0 Å². The lowest BCUT2D eigenvalue weighted by Gasteiger charge is -2.30. The van der Waals surface area contributed by atoms with Crippen LogP contribution in [0.25, 0.3) is 11.3 Å². The molecule has 11 heteroatoms. The highest BCUT2D eigenvalue weighted by molar-refractivity contribution is 7.90. The largest absolute Gasteiger partial charge is 0.359 e. The Kier molecular flexibility index (Phi) is 5.45. The smallest absolute Gasteiger partial charge is 0.264 e. The normalized spacial score (nSPS) is 14.6. The third-order valence-corrected chi connectivity index (χ3v) is 6.97. The molecule has 2 aromatic heterocycles. The number of carbonyl (C=O) groups excluding carboxylic acids is 1. The van der Waals surface area contributed by atoms with Gasteiger partial charge in [-0.15, -0.1) is 0 Å². The predicted octanol–water partition coefficient (Wildman–Crippen LogP) is 3.42. The van der Waals surface area contributed by atoms with Crippen LogP contribution in [0.3, 0.4) is 0 Å². The number of nitrogens with one attached hydrogen (secondary N) is 1. The van der Waals surface area contributed by atoms with Crippen molar-refractivity contribution in [2.45, 2.75) is 24.5 Å². The molecule has 0 saturated carbocycles. The van der Waals surface area contributed by atoms with Crippen LogP contribution in [0, 0.1) is 6.92 Å². The van der Waals surface area contributed by atoms with E-state index in [-0.39, 0.29) is 18.1 Å². The van der Waals surface area contributed by atoms with Crippen LogP contribution in [0.15, 0.2) is 44.4 Å². The summed E-state index contributed by atoms with van der Waals surface area (Å²) in [5, 5.41) is 7.40. The fourth-order valence-electron chi connectivity index (χ4n) is 2.91. The van der Waals surface area contributed by atoms with Crippen molar-refractivity contribution >= 4 is 38.9 Å². The number of thiophene rings is 1.